The van der Waals surface area contributed by atoms with Crippen LogP contribution < -0.4 is 5.32 Å². The Kier molecular flexibility index (Phi) is 7.12. The normalized spacial score (nSPS) is 26.5. The van der Waals surface area contributed by atoms with Gasteiger partial charge in [0.15, 0.2) is 0 Å². The van der Waals surface area contributed by atoms with Crippen molar-refractivity contribution in [3.05, 3.63) is 35.9 Å². The lowest BCUT2D eigenvalue weighted by Crippen LogP contribution is -2.42. The highest BCUT2D eigenvalue weighted by atomic mass is 35.5. The standard InChI is InChI=1S/C20H30N2O.ClH/c1-3-15(2)22(14-16-7-5-4-6-8-16)20(23)13-17-11-18-9-10-19(12-17)21-18;/h4-8,15,17-19,21H,3,9-14H2,1-2H3;1H. The zero-order valence-corrected chi connectivity index (χ0v) is 15.7. The number of nitrogens with one attached hydrogen (secondary N) is 1. The van der Waals surface area contributed by atoms with Gasteiger partial charge in [-0.2, -0.15) is 0 Å². The lowest BCUT2D eigenvalue weighted by molar-refractivity contribution is -0.135. The molecule has 3 nitrogen and oxygen atoms in total. The molecule has 1 N–H and O–H groups in total. The summed E-state index contributed by atoms with van der Waals surface area (Å²) in [6, 6.07) is 12.0. The molecule has 0 saturated carbocycles. The molecule has 3 rings (SSSR count). The molecule has 2 aliphatic rings. The van der Waals surface area contributed by atoms with E-state index < -0.39 is 0 Å². The molecule has 0 radical (unpaired) electrons. The van der Waals surface area contributed by atoms with Crippen LogP contribution in [-0.2, 0) is 11.3 Å². The Bertz CT molecular complexity index is 510. The van der Waals surface area contributed by atoms with Crippen molar-refractivity contribution >= 4 is 18.3 Å². The van der Waals surface area contributed by atoms with Crippen LogP contribution in [0.2, 0.25) is 0 Å². The van der Waals surface area contributed by atoms with Crippen LogP contribution in [0, 0.1) is 5.92 Å². The molecule has 0 aromatic heterocycles. The first-order valence-corrected chi connectivity index (χ1v) is 9.25. The minimum absolute atomic E-state index is 0. The summed E-state index contributed by atoms with van der Waals surface area (Å²) >= 11 is 0. The second kappa shape index (κ2) is 8.87. The van der Waals surface area contributed by atoms with Gasteiger partial charge in [0.2, 0.25) is 5.91 Å². The Morgan fingerprint density at radius 1 is 1.21 bits per heavy atom. The van der Waals surface area contributed by atoms with Crippen molar-refractivity contribution in [2.24, 2.45) is 5.92 Å². The van der Waals surface area contributed by atoms with Crippen LogP contribution in [-0.4, -0.2) is 28.9 Å². The van der Waals surface area contributed by atoms with Gasteiger partial charge >= 0.3 is 0 Å². The monoisotopic (exact) mass is 350 g/mol. The average Bonchev–Trinajstić information content (AvgIpc) is 2.91. The number of benzene rings is 1. The van der Waals surface area contributed by atoms with Crippen molar-refractivity contribution in [3.8, 4) is 0 Å². The number of carbonyl (C=O) groups excluding carboxylic acids is 1. The van der Waals surface area contributed by atoms with E-state index in [1.54, 1.807) is 0 Å². The zero-order chi connectivity index (χ0) is 16.2. The van der Waals surface area contributed by atoms with E-state index in [1.807, 2.05) is 6.07 Å². The minimum atomic E-state index is 0. The van der Waals surface area contributed by atoms with E-state index in [-0.39, 0.29) is 12.4 Å². The summed E-state index contributed by atoms with van der Waals surface area (Å²) in [6.45, 7) is 5.08. The third-order valence-electron chi connectivity index (χ3n) is 5.67. The number of halogens is 1. The Balaban J connectivity index is 0.00000208. The highest BCUT2D eigenvalue weighted by Gasteiger charge is 2.35. The molecule has 2 saturated heterocycles. The topological polar surface area (TPSA) is 32.3 Å². The van der Waals surface area contributed by atoms with Gasteiger partial charge in [0, 0.05) is 31.1 Å². The van der Waals surface area contributed by atoms with Gasteiger partial charge in [0.25, 0.3) is 0 Å². The lowest BCUT2D eigenvalue weighted by atomic mass is 9.89. The summed E-state index contributed by atoms with van der Waals surface area (Å²) in [5.74, 6) is 0.915. The quantitative estimate of drug-likeness (QED) is 0.835. The summed E-state index contributed by atoms with van der Waals surface area (Å²) in [4.78, 5) is 15.1. The minimum Gasteiger partial charge on any atom is -0.336 e. The summed E-state index contributed by atoms with van der Waals surface area (Å²) in [7, 11) is 0. The molecule has 24 heavy (non-hydrogen) atoms. The van der Waals surface area contributed by atoms with E-state index in [9.17, 15) is 4.79 Å². The molecule has 2 bridgehead atoms. The lowest BCUT2D eigenvalue weighted by Gasteiger charge is -2.33. The number of carbonyl (C=O) groups is 1. The summed E-state index contributed by atoms with van der Waals surface area (Å²) in [5, 5.41) is 3.67. The number of amides is 1. The van der Waals surface area contributed by atoms with Crippen LogP contribution in [0.15, 0.2) is 30.3 Å². The van der Waals surface area contributed by atoms with Gasteiger partial charge in [-0.3, -0.25) is 4.79 Å². The second-order valence-corrected chi connectivity index (χ2v) is 7.44. The molecular formula is C20H31ClN2O. The van der Waals surface area contributed by atoms with E-state index in [1.165, 1.54) is 31.2 Å². The summed E-state index contributed by atoms with van der Waals surface area (Å²) in [5.41, 5.74) is 1.23. The van der Waals surface area contributed by atoms with Crippen LogP contribution in [0.3, 0.4) is 0 Å². The smallest absolute Gasteiger partial charge is 0.223 e. The highest BCUT2D eigenvalue weighted by Crippen LogP contribution is 2.33. The second-order valence-electron chi connectivity index (χ2n) is 7.44. The molecule has 2 fully saturated rings. The molecule has 2 heterocycles. The van der Waals surface area contributed by atoms with E-state index >= 15 is 0 Å². The highest BCUT2D eigenvalue weighted by molar-refractivity contribution is 5.85. The predicted molar refractivity (Wildman–Crippen MR) is 101 cm³/mol. The number of fused-ring (bicyclic) bond motifs is 2. The van der Waals surface area contributed by atoms with Crippen molar-refractivity contribution in [1.29, 1.82) is 0 Å². The molecule has 1 amide bonds. The van der Waals surface area contributed by atoms with Crippen molar-refractivity contribution < 1.29 is 4.79 Å². The largest absolute Gasteiger partial charge is 0.336 e. The third-order valence-corrected chi connectivity index (χ3v) is 5.67. The molecule has 4 heteroatoms. The number of nitrogens with zero attached hydrogens (tertiary/aromatic N) is 1. The van der Waals surface area contributed by atoms with Crippen LogP contribution >= 0.6 is 12.4 Å². The number of rotatable bonds is 6. The fourth-order valence-corrected chi connectivity index (χ4v) is 4.20. The molecule has 0 spiro atoms. The maximum atomic E-state index is 13.0. The van der Waals surface area contributed by atoms with Crippen molar-refractivity contribution in [3.63, 3.8) is 0 Å². The fraction of sp³-hybridized carbons (Fsp3) is 0.650. The van der Waals surface area contributed by atoms with Crippen LogP contribution in [0.1, 0.15) is 57.9 Å². The molecule has 3 atom stereocenters. The SMILES string of the molecule is CCC(C)N(Cc1ccccc1)C(=O)CC1CC2CCC(C1)N2.Cl. The average molecular weight is 351 g/mol. The first kappa shape index (κ1) is 19.3. The van der Waals surface area contributed by atoms with Crippen LogP contribution in [0.5, 0.6) is 0 Å². The fourth-order valence-electron chi connectivity index (χ4n) is 4.20. The van der Waals surface area contributed by atoms with Gasteiger partial charge in [-0.05, 0) is 50.5 Å². The maximum Gasteiger partial charge on any atom is 0.223 e. The van der Waals surface area contributed by atoms with Crippen molar-refractivity contribution in [2.75, 3.05) is 0 Å². The Labute approximate surface area is 152 Å². The third kappa shape index (κ3) is 4.73. The van der Waals surface area contributed by atoms with Crippen molar-refractivity contribution in [1.82, 2.24) is 10.2 Å². The summed E-state index contributed by atoms with van der Waals surface area (Å²) < 4.78 is 0. The van der Waals surface area contributed by atoms with E-state index in [0.29, 0.717) is 30.0 Å². The Morgan fingerprint density at radius 3 is 2.42 bits per heavy atom. The maximum absolute atomic E-state index is 13.0. The van der Waals surface area contributed by atoms with Gasteiger partial charge in [-0.25, -0.2) is 0 Å². The molecule has 1 aromatic carbocycles. The molecule has 134 valence electrons. The first-order valence-electron chi connectivity index (χ1n) is 9.25. The molecule has 2 aliphatic heterocycles. The predicted octanol–water partition coefficient (Wildman–Crippen LogP) is 4.16. The first-order chi connectivity index (χ1) is 11.2. The van der Waals surface area contributed by atoms with Gasteiger partial charge in [0.1, 0.15) is 0 Å². The zero-order valence-electron chi connectivity index (χ0n) is 14.9. The summed E-state index contributed by atoms with van der Waals surface area (Å²) in [6.07, 6.45) is 6.70. The number of hydrogen-bond acceptors (Lipinski definition) is 2. The van der Waals surface area contributed by atoms with E-state index in [0.717, 1.165) is 19.4 Å². The Hall–Kier alpha value is -1.06. The van der Waals surface area contributed by atoms with Gasteiger partial charge in [-0.1, -0.05) is 37.3 Å². The van der Waals surface area contributed by atoms with Gasteiger partial charge in [0.05, 0.1) is 0 Å². The molecule has 3 unspecified atom stereocenters. The Morgan fingerprint density at radius 2 is 1.83 bits per heavy atom. The van der Waals surface area contributed by atoms with E-state index in [4.69, 9.17) is 0 Å². The van der Waals surface area contributed by atoms with Crippen LogP contribution in [0.4, 0.5) is 0 Å². The van der Waals surface area contributed by atoms with E-state index in [2.05, 4.69) is 48.3 Å². The van der Waals surface area contributed by atoms with Gasteiger partial charge < -0.3 is 10.2 Å². The number of hydrogen-bond donors (Lipinski definition) is 1. The number of piperidine rings is 1. The van der Waals surface area contributed by atoms with Crippen molar-refractivity contribution in [2.45, 2.75) is 77.0 Å². The molecule has 1 aromatic rings. The molecule has 0 aliphatic carbocycles. The molecular weight excluding hydrogens is 320 g/mol. The van der Waals surface area contributed by atoms with Crippen LogP contribution in [0.25, 0.3) is 0 Å². The van der Waals surface area contributed by atoms with Gasteiger partial charge in [-0.15, -0.1) is 12.4 Å².